The Morgan fingerprint density at radius 3 is 2.52 bits per heavy atom. The minimum absolute atomic E-state index is 0.166. The first-order valence-corrected chi connectivity index (χ1v) is 9.88. The van der Waals surface area contributed by atoms with E-state index in [1.165, 1.54) is 5.56 Å². The topological polar surface area (TPSA) is 79.2 Å². The van der Waals surface area contributed by atoms with Gasteiger partial charge in [-0.2, -0.15) is 5.26 Å². The summed E-state index contributed by atoms with van der Waals surface area (Å²) in [4.78, 5) is 24.8. The van der Waals surface area contributed by atoms with E-state index in [9.17, 15) is 9.59 Å². The quantitative estimate of drug-likeness (QED) is 0.771. The first-order valence-electron chi connectivity index (χ1n) is 9.88. The van der Waals surface area contributed by atoms with Crippen LogP contribution in [0.4, 0.5) is 5.69 Å². The van der Waals surface area contributed by atoms with E-state index in [-0.39, 0.29) is 17.8 Å². The van der Waals surface area contributed by atoms with Gasteiger partial charge in [0.1, 0.15) is 5.60 Å². The molecule has 1 N–H and O–H groups in total. The third kappa shape index (κ3) is 5.68. The predicted octanol–water partition coefficient (Wildman–Crippen LogP) is 4.65. The lowest BCUT2D eigenvalue weighted by atomic mass is 9.81. The number of esters is 1. The van der Waals surface area contributed by atoms with Crippen molar-refractivity contribution in [3.8, 4) is 6.07 Å². The van der Waals surface area contributed by atoms with Gasteiger partial charge in [0.2, 0.25) is 0 Å². The molecular formula is C24H26N2O3. The first-order chi connectivity index (χ1) is 13.7. The van der Waals surface area contributed by atoms with Crippen LogP contribution in [-0.2, 0) is 22.4 Å². The van der Waals surface area contributed by atoms with Gasteiger partial charge in [0, 0.05) is 17.7 Å². The molecular weight excluding hydrogens is 364 g/mol. The minimum Gasteiger partial charge on any atom is -0.460 e. The molecule has 0 radical (unpaired) electrons. The van der Waals surface area contributed by atoms with Crippen LogP contribution < -0.4 is 5.32 Å². The molecule has 0 aliphatic heterocycles. The van der Waals surface area contributed by atoms with Gasteiger partial charge in [-0.1, -0.05) is 6.07 Å². The number of rotatable bonds is 4. The van der Waals surface area contributed by atoms with Gasteiger partial charge in [-0.05, 0) is 93.5 Å². The average molecular weight is 390 g/mol. The van der Waals surface area contributed by atoms with Gasteiger partial charge < -0.3 is 10.1 Å². The fourth-order valence-corrected chi connectivity index (χ4v) is 3.60. The lowest BCUT2D eigenvalue weighted by Gasteiger charge is -2.26. The maximum Gasteiger partial charge on any atom is 0.306 e. The normalized spacial score (nSPS) is 15.7. The monoisotopic (exact) mass is 390 g/mol. The molecule has 0 aromatic heterocycles. The van der Waals surface area contributed by atoms with Crippen molar-refractivity contribution in [1.82, 2.24) is 0 Å². The van der Waals surface area contributed by atoms with Gasteiger partial charge in [-0.15, -0.1) is 0 Å². The molecule has 29 heavy (non-hydrogen) atoms. The fraction of sp³-hybridized carbons (Fsp3) is 0.375. The molecule has 1 aliphatic rings. The number of hydrogen-bond acceptors (Lipinski definition) is 4. The number of nitrogens with zero attached hydrogens (tertiary/aromatic N) is 1. The Hall–Kier alpha value is -3.13. The Labute approximate surface area is 171 Å². The Kier molecular flexibility index (Phi) is 6.03. The molecule has 0 saturated carbocycles. The highest BCUT2D eigenvalue weighted by Gasteiger charge is 2.25. The third-order valence-electron chi connectivity index (χ3n) is 4.95. The Bertz CT molecular complexity index is 950. The maximum atomic E-state index is 12.6. The van der Waals surface area contributed by atoms with Crippen LogP contribution in [0.1, 0.15) is 60.7 Å². The maximum absolute atomic E-state index is 12.6. The number of carbonyl (C=O) groups excluding carboxylic acids is 2. The standard InChI is InChI=1S/C24H26N2O3/c1-24(2,3)29-22(27)13-17-4-7-18-8-9-19(14-20(18)12-17)23(28)26-21-10-5-16(15-25)6-11-21/h5-6,8-11,14,17H,4,7,12-13H2,1-3H3,(H,26,28). The number of ether oxygens (including phenoxy) is 1. The molecule has 2 aromatic carbocycles. The molecule has 0 heterocycles. The summed E-state index contributed by atoms with van der Waals surface area (Å²) in [6.07, 6.45) is 3.02. The largest absolute Gasteiger partial charge is 0.460 e. The molecule has 5 nitrogen and oxygen atoms in total. The van der Waals surface area contributed by atoms with Crippen molar-refractivity contribution in [2.24, 2.45) is 5.92 Å². The lowest BCUT2D eigenvalue weighted by molar-refractivity contribution is -0.156. The molecule has 0 bridgehead atoms. The van der Waals surface area contributed by atoms with Crippen molar-refractivity contribution in [2.75, 3.05) is 5.32 Å². The van der Waals surface area contributed by atoms with Crippen molar-refractivity contribution >= 4 is 17.6 Å². The zero-order chi connectivity index (χ0) is 21.0. The molecule has 2 aromatic rings. The van der Waals surface area contributed by atoms with E-state index in [1.54, 1.807) is 24.3 Å². The smallest absolute Gasteiger partial charge is 0.306 e. The Morgan fingerprint density at radius 1 is 1.14 bits per heavy atom. The lowest BCUT2D eigenvalue weighted by Crippen LogP contribution is -2.27. The highest BCUT2D eigenvalue weighted by molar-refractivity contribution is 6.04. The number of anilines is 1. The van der Waals surface area contributed by atoms with E-state index >= 15 is 0 Å². The molecule has 3 rings (SSSR count). The first kappa shape index (κ1) is 20.6. The number of amides is 1. The van der Waals surface area contributed by atoms with Crippen LogP contribution in [0, 0.1) is 17.2 Å². The summed E-state index contributed by atoms with van der Waals surface area (Å²) in [6.45, 7) is 5.62. The number of aryl methyl sites for hydroxylation is 1. The van der Waals surface area contributed by atoms with Crippen LogP contribution in [0.2, 0.25) is 0 Å². The van der Waals surface area contributed by atoms with E-state index < -0.39 is 5.60 Å². The van der Waals surface area contributed by atoms with E-state index in [2.05, 4.69) is 11.4 Å². The highest BCUT2D eigenvalue weighted by Crippen LogP contribution is 2.29. The van der Waals surface area contributed by atoms with Crippen molar-refractivity contribution in [1.29, 1.82) is 5.26 Å². The SMILES string of the molecule is CC(C)(C)OC(=O)CC1CCc2ccc(C(=O)Nc3ccc(C#N)cc3)cc2C1. The van der Waals surface area contributed by atoms with Crippen molar-refractivity contribution in [2.45, 2.75) is 52.1 Å². The molecule has 1 unspecified atom stereocenters. The number of benzene rings is 2. The molecule has 1 aliphatic carbocycles. The van der Waals surface area contributed by atoms with E-state index in [4.69, 9.17) is 10.00 Å². The van der Waals surface area contributed by atoms with Crippen LogP contribution in [0.3, 0.4) is 0 Å². The number of fused-ring (bicyclic) bond motifs is 1. The zero-order valence-corrected chi connectivity index (χ0v) is 17.1. The predicted molar refractivity (Wildman–Crippen MR) is 112 cm³/mol. The Morgan fingerprint density at radius 2 is 1.86 bits per heavy atom. The zero-order valence-electron chi connectivity index (χ0n) is 17.1. The number of nitriles is 1. The van der Waals surface area contributed by atoms with Crippen LogP contribution >= 0.6 is 0 Å². The number of nitrogens with one attached hydrogen (secondary N) is 1. The van der Waals surface area contributed by atoms with E-state index in [1.807, 2.05) is 39.0 Å². The second-order valence-electron chi connectivity index (χ2n) is 8.53. The number of carbonyl (C=O) groups is 2. The molecule has 1 amide bonds. The van der Waals surface area contributed by atoms with Gasteiger partial charge in [0.15, 0.2) is 0 Å². The van der Waals surface area contributed by atoms with Crippen LogP contribution in [-0.4, -0.2) is 17.5 Å². The minimum atomic E-state index is -0.472. The fourth-order valence-electron chi connectivity index (χ4n) is 3.60. The summed E-state index contributed by atoms with van der Waals surface area (Å²) >= 11 is 0. The molecule has 1 atom stereocenters. The molecule has 0 spiro atoms. The second kappa shape index (κ2) is 8.48. The summed E-state index contributed by atoms with van der Waals surface area (Å²) in [5.41, 5.74) is 3.67. The van der Waals surface area contributed by atoms with Crippen molar-refractivity contribution in [3.63, 3.8) is 0 Å². The summed E-state index contributed by atoms with van der Waals surface area (Å²) in [5.74, 6) is -0.123. The van der Waals surface area contributed by atoms with Crippen LogP contribution in [0.25, 0.3) is 0 Å². The van der Waals surface area contributed by atoms with Crippen molar-refractivity contribution < 1.29 is 14.3 Å². The van der Waals surface area contributed by atoms with Gasteiger partial charge in [0.05, 0.1) is 11.6 Å². The van der Waals surface area contributed by atoms with Crippen LogP contribution in [0.15, 0.2) is 42.5 Å². The summed E-state index contributed by atoms with van der Waals surface area (Å²) in [6, 6.07) is 14.6. The Balaban J connectivity index is 1.66. The highest BCUT2D eigenvalue weighted by atomic mass is 16.6. The van der Waals surface area contributed by atoms with Crippen LogP contribution in [0.5, 0.6) is 0 Å². The summed E-state index contributed by atoms with van der Waals surface area (Å²) in [5, 5.41) is 11.7. The number of hydrogen-bond donors (Lipinski definition) is 1. The van der Waals surface area contributed by atoms with E-state index in [0.717, 1.165) is 24.8 Å². The molecule has 5 heteroatoms. The molecule has 0 fully saturated rings. The van der Waals surface area contributed by atoms with E-state index in [0.29, 0.717) is 23.2 Å². The summed E-state index contributed by atoms with van der Waals surface area (Å²) in [7, 11) is 0. The van der Waals surface area contributed by atoms with Crippen molar-refractivity contribution in [3.05, 3.63) is 64.7 Å². The average Bonchev–Trinajstić information content (AvgIpc) is 2.66. The van der Waals surface area contributed by atoms with Gasteiger partial charge in [0.25, 0.3) is 5.91 Å². The molecule has 150 valence electrons. The third-order valence-corrected chi connectivity index (χ3v) is 4.95. The molecule has 0 saturated heterocycles. The summed E-state index contributed by atoms with van der Waals surface area (Å²) < 4.78 is 5.45. The van der Waals surface area contributed by atoms with Gasteiger partial charge in [-0.3, -0.25) is 9.59 Å². The van der Waals surface area contributed by atoms with Gasteiger partial charge in [-0.25, -0.2) is 0 Å². The second-order valence-corrected chi connectivity index (χ2v) is 8.53. The van der Waals surface area contributed by atoms with Gasteiger partial charge >= 0.3 is 5.97 Å².